The minimum atomic E-state index is 0.671. The number of aromatic nitrogens is 4. The zero-order valence-electron chi connectivity index (χ0n) is 12.6. The molecular formula is C16H19N5. The molecule has 5 heteroatoms. The normalized spacial score (nSPS) is 11.0. The van der Waals surface area contributed by atoms with E-state index in [2.05, 4.69) is 34.1 Å². The second kappa shape index (κ2) is 5.52. The number of nitrogens with one attached hydrogen (secondary N) is 1. The first-order chi connectivity index (χ1) is 10.2. The van der Waals surface area contributed by atoms with Crippen LogP contribution in [0.25, 0.3) is 17.2 Å². The van der Waals surface area contributed by atoms with E-state index >= 15 is 0 Å². The van der Waals surface area contributed by atoms with E-state index in [0.717, 1.165) is 35.8 Å². The first-order valence-electron chi connectivity index (χ1n) is 7.28. The Morgan fingerprint density at radius 3 is 2.71 bits per heavy atom. The van der Waals surface area contributed by atoms with Gasteiger partial charge in [0.1, 0.15) is 17.2 Å². The van der Waals surface area contributed by atoms with E-state index in [9.17, 15) is 0 Å². The quantitative estimate of drug-likeness (QED) is 0.798. The van der Waals surface area contributed by atoms with Crippen LogP contribution in [0, 0.1) is 6.92 Å². The molecule has 0 fully saturated rings. The largest absolute Gasteiger partial charge is 0.370 e. The van der Waals surface area contributed by atoms with E-state index in [1.807, 2.05) is 41.9 Å². The van der Waals surface area contributed by atoms with Crippen molar-refractivity contribution in [3.8, 4) is 11.5 Å². The summed E-state index contributed by atoms with van der Waals surface area (Å²) in [5, 5.41) is 3.33. The Morgan fingerprint density at radius 2 is 2.00 bits per heavy atom. The first kappa shape index (κ1) is 13.5. The Labute approximate surface area is 124 Å². The predicted octanol–water partition coefficient (Wildman–Crippen LogP) is 3.09. The van der Waals surface area contributed by atoms with E-state index in [1.54, 1.807) is 0 Å². The van der Waals surface area contributed by atoms with E-state index in [0.29, 0.717) is 5.82 Å². The van der Waals surface area contributed by atoms with Crippen molar-refractivity contribution >= 4 is 11.5 Å². The van der Waals surface area contributed by atoms with Gasteiger partial charge in [0.25, 0.3) is 0 Å². The number of anilines is 1. The minimum absolute atomic E-state index is 0.671. The number of hydrogen-bond donors (Lipinski definition) is 1. The molecule has 3 heterocycles. The number of pyridine rings is 1. The van der Waals surface area contributed by atoms with Gasteiger partial charge < -0.3 is 9.72 Å². The summed E-state index contributed by atoms with van der Waals surface area (Å²) in [5.41, 5.74) is 3.88. The van der Waals surface area contributed by atoms with Crippen molar-refractivity contribution in [1.29, 1.82) is 0 Å². The molecule has 0 saturated heterocycles. The summed E-state index contributed by atoms with van der Waals surface area (Å²) in [6, 6.07) is 5.93. The molecule has 3 rings (SSSR count). The van der Waals surface area contributed by atoms with Crippen molar-refractivity contribution in [2.24, 2.45) is 0 Å². The summed E-state index contributed by atoms with van der Waals surface area (Å²) in [6.45, 7) is 7.06. The molecule has 0 amide bonds. The van der Waals surface area contributed by atoms with E-state index in [4.69, 9.17) is 0 Å². The van der Waals surface area contributed by atoms with E-state index < -0.39 is 0 Å². The van der Waals surface area contributed by atoms with Crippen LogP contribution in [0.5, 0.6) is 0 Å². The fourth-order valence-corrected chi connectivity index (χ4v) is 2.49. The van der Waals surface area contributed by atoms with Crippen molar-refractivity contribution in [2.75, 3.05) is 11.9 Å². The Hall–Kier alpha value is -2.43. The SMILES string of the molecule is CCNc1nc(-c2cn3ccccc3n2)nc(C)c1CC. The van der Waals surface area contributed by atoms with Crippen LogP contribution in [0.2, 0.25) is 0 Å². The highest BCUT2D eigenvalue weighted by molar-refractivity contribution is 5.59. The number of rotatable bonds is 4. The number of fused-ring (bicyclic) bond motifs is 1. The minimum Gasteiger partial charge on any atom is -0.370 e. The maximum atomic E-state index is 4.66. The molecule has 0 spiro atoms. The lowest BCUT2D eigenvalue weighted by Gasteiger charge is -2.11. The Balaban J connectivity index is 2.13. The first-order valence-corrected chi connectivity index (χ1v) is 7.28. The van der Waals surface area contributed by atoms with Crippen LogP contribution in [-0.4, -0.2) is 25.9 Å². The summed E-state index contributed by atoms with van der Waals surface area (Å²) >= 11 is 0. The van der Waals surface area contributed by atoms with Gasteiger partial charge in [0.05, 0.1) is 0 Å². The second-order valence-electron chi connectivity index (χ2n) is 4.94. The molecule has 3 aromatic heterocycles. The van der Waals surface area contributed by atoms with Crippen LogP contribution in [0.3, 0.4) is 0 Å². The van der Waals surface area contributed by atoms with Crippen molar-refractivity contribution in [3.63, 3.8) is 0 Å². The smallest absolute Gasteiger partial charge is 0.182 e. The summed E-state index contributed by atoms with van der Waals surface area (Å²) in [7, 11) is 0. The zero-order valence-corrected chi connectivity index (χ0v) is 12.6. The van der Waals surface area contributed by atoms with Gasteiger partial charge in [-0.15, -0.1) is 0 Å². The fraction of sp³-hybridized carbons (Fsp3) is 0.312. The molecule has 0 unspecified atom stereocenters. The van der Waals surface area contributed by atoms with Crippen LogP contribution in [-0.2, 0) is 6.42 Å². The highest BCUT2D eigenvalue weighted by Crippen LogP contribution is 2.22. The van der Waals surface area contributed by atoms with Gasteiger partial charge in [-0.2, -0.15) is 0 Å². The van der Waals surface area contributed by atoms with Gasteiger partial charge in [0.2, 0.25) is 0 Å². The third-order valence-corrected chi connectivity index (χ3v) is 3.50. The average Bonchev–Trinajstić information content (AvgIpc) is 2.91. The third kappa shape index (κ3) is 2.46. The lowest BCUT2D eigenvalue weighted by Crippen LogP contribution is -2.08. The van der Waals surface area contributed by atoms with Gasteiger partial charge >= 0.3 is 0 Å². The molecule has 0 aliphatic rings. The van der Waals surface area contributed by atoms with Crippen molar-refractivity contribution in [2.45, 2.75) is 27.2 Å². The topological polar surface area (TPSA) is 55.1 Å². The summed E-state index contributed by atoms with van der Waals surface area (Å²) in [6.07, 6.45) is 4.86. The lowest BCUT2D eigenvalue weighted by molar-refractivity contribution is 0.985. The standard InChI is InChI=1S/C16H19N5/c1-4-12-11(3)18-16(20-15(12)17-5-2)13-10-21-9-7-6-8-14(21)19-13/h6-10H,4-5H2,1-3H3,(H,17,18,20). The molecule has 0 atom stereocenters. The fourth-order valence-electron chi connectivity index (χ4n) is 2.49. The molecule has 3 aromatic rings. The Bertz CT molecular complexity index is 742. The van der Waals surface area contributed by atoms with Gasteiger partial charge in [-0.05, 0) is 32.4 Å². The summed E-state index contributed by atoms with van der Waals surface area (Å²) in [5.74, 6) is 1.59. The predicted molar refractivity (Wildman–Crippen MR) is 84.5 cm³/mol. The van der Waals surface area contributed by atoms with Gasteiger partial charge in [0, 0.05) is 30.2 Å². The molecule has 108 valence electrons. The maximum Gasteiger partial charge on any atom is 0.182 e. The van der Waals surface area contributed by atoms with Crippen LogP contribution in [0.4, 0.5) is 5.82 Å². The van der Waals surface area contributed by atoms with E-state index in [-0.39, 0.29) is 0 Å². The van der Waals surface area contributed by atoms with Gasteiger partial charge in [-0.3, -0.25) is 0 Å². The van der Waals surface area contributed by atoms with E-state index in [1.165, 1.54) is 5.56 Å². The molecule has 21 heavy (non-hydrogen) atoms. The number of imidazole rings is 1. The Morgan fingerprint density at radius 1 is 1.14 bits per heavy atom. The molecule has 0 aliphatic carbocycles. The highest BCUT2D eigenvalue weighted by Gasteiger charge is 2.13. The zero-order chi connectivity index (χ0) is 14.8. The molecule has 5 nitrogen and oxygen atoms in total. The molecule has 0 aliphatic heterocycles. The van der Waals surface area contributed by atoms with Crippen LogP contribution >= 0.6 is 0 Å². The summed E-state index contributed by atoms with van der Waals surface area (Å²) in [4.78, 5) is 13.9. The van der Waals surface area contributed by atoms with Crippen molar-refractivity contribution in [3.05, 3.63) is 41.9 Å². The lowest BCUT2D eigenvalue weighted by atomic mass is 10.1. The average molecular weight is 281 g/mol. The monoisotopic (exact) mass is 281 g/mol. The van der Waals surface area contributed by atoms with Gasteiger partial charge in [-0.25, -0.2) is 15.0 Å². The van der Waals surface area contributed by atoms with Crippen LogP contribution < -0.4 is 5.32 Å². The van der Waals surface area contributed by atoms with Crippen LogP contribution in [0.1, 0.15) is 25.1 Å². The molecule has 0 aromatic carbocycles. The van der Waals surface area contributed by atoms with Crippen LogP contribution in [0.15, 0.2) is 30.6 Å². The van der Waals surface area contributed by atoms with Gasteiger partial charge in [0.15, 0.2) is 5.82 Å². The Kier molecular flexibility index (Phi) is 3.56. The van der Waals surface area contributed by atoms with Crippen molar-refractivity contribution in [1.82, 2.24) is 19.4 Å². The molecule has 0 saturated carbocycles. The maximum absolute atomic E-state index is 4.66. The summed E-state index contributed by atoms with van der Waals surface area (Å²) < 4.78 is 1.98. The number of aryl methyl sites for hydroxylation is 1. The second-order valence-corrected chi connectivity index (χ2v) is 4.94. The number of nitrogens with zero attached hydrogens (tertiary/aromatic N) is 4. The van der Waals surface area contributed by atoms with Crippen molar-refractivity contribution < 1.29 is 0 Å². The van der Waals surface area contributed by atoms with Gasteiger partial charge in [-0.1, -0.05) is 13.0 Å². The molecule has 0 bridgehead atoms. The molecule has 0 radical (unpaired) electrons. The third-order valence-electron chi connectivity index (χ3n) is 3.50. The highest BCUT2D eigenvalue weighted by atomic mass is 15.1. The molecular weight excluding hydrogens is 262 g/mol. The number of hydrogen-bond acceptors (Lipinski definition) is 4. The molecule has 1 N–H and O–H groups in total.